The molecule has 116 valence electrons. The standard InChI is InChI=1S/C21H22N2/c1-23-15-7-13-19(21(23)17-8-3-2-4-9-17)18-12-5-10-16-11-6-14-22-20(16)18/h2-6,8-12,14,19,21H,7,13,15H2,1H3/t19-,21+/m0/s1. The number of nitrogens with zero attached hydrogens (tertiary/aromatic N) is 2. The molecule has 0 saturated carbocycles. The summed E-state index contributed by atoms with van der Waals surface area (Å²) < 4.78 is 0. The molecular weight excluding hydrogens is 280 g/mol. The van der Waals surface area contributed by atoms with Crippen LogP contribution >= 0.6 is 0 Å². The van der Waals surface area contributed by atoms with Gasteiger partial charge in [-0.3, -0.25) is 9.88 Å². The Morgan fingerprint density at radius 1 is 0.957 bits per heavy atom. The highest BCUT2D eigenvalue weighted by atomic mass is 15.1. The largest absolute Gasteiger partial charge is 0.299 e. The van der Waals surface area contributed by atoms with Crippen molar-refractivity contribution in [2.75, 3.05) is 13.6 Å². The van der Waals surface area contributed by atoms with Crippen molar-refractivity contribution >= 4 is 10.9 Å². The fraction of sp³-hybridized carbons (Fsp3) is 0.286. The van der Waals surface area contributed by atoms with E-state index < -0.39 is 0 Å². The van der Waals surface area contributed by atoms with Crippen LogP contribution in [0.4, 0.5) is 0 Å². The molecular formula is C21H22N2. The van der Waals surface area contributed by atoms with Crippen LogP contribution in [0.1, 0.15) is 35.9 Å². The Labute approximate surface area is 137 Å². The number of pyridine rings is 1. The Hall–Kier alpha value is -2.19. The molecule has 1 aliphatic rings. The molecule has 4 rings (SSSR count). The number of likely N-dealkylation sites (tertiary alicyclic amines) is 1. The number of likely N-dealkylation sites (N-methyl/N-ethyl adjacent to an activating group) is 1. The van der Waals surface area contributed by atoms with Crippen LogP contribution in [0.25, 0.3) is 10.9 Å². The maximum Gasteiger partial charge on any atom is 0.0737 e. The molecule has 0 aliphatic carbocycles. The number of para-hydroxylation sites is 1. The van der Waals surface area contributed by atoms with Crippen molar-refractivity contribution in [3.63, 3.8) is 0 Å². The summed E-state index contributed by atoms with van der Waals surface area (Å²) >= 11 is 0. The third-order valence-corrected chi connectivity index (χ3v) is 5.09. The van der Waals surface area contributed by atoms with Gasteiger partial charge in [-0.1, -0.05) is 54.6 Å². The summed E-state index contributed by atoms with van der Waals surface area (Å²) in [5.74, 6) is 0.495. The van der Waals surface area contributed by atoms with Gasteiger partial charge in [0.2, 0.25) is 0 Å². The van der Waals surface area contributed by atoms with E-state index in [1.165, 1.54) is 29.4 Å². The van der Waals surface area contributed by atoms with Crippen LogP contribution in [0.3, 0.4) is 0 Å². The molecule has 0 amide bonds. The van der Waals surface area contributed by atoms with Crippen molar-refractivity contribution in [1.29, 1.82) is 0 Å². The zero-order chi connectivity index (χ0) is 15.6. The smallest absolute Gasteiger partial charge is 0.0737 e. The van der Waals surface area contributed by atoms with Crippen LogP contribution in [0.2, 0.25) is 0 Å². The van der Waals surface area contributed by atoms with E-state index in [4.69, 9.17) is 4.98 Å². The van der Waals surface area contributed by atoms with Crippen LogP contribution in [0.15, 0.2) is 66.9 Å². The van der Waals surface area contributed by atoms with E-state index in [2.05, 4.69) is 66.5 Å². The van der Waals surface area contributed by atoms with Gasteiger partial charge in [0, 0.05) is 23.5 Å². The maximum atomic E-state index is 4.69. The number of rotatable bonds is 2. The molecule has 1 fully saturated rings. The topological polar surface area (TPSA) is 16.1 Å². The van der Waals surface area contributed by atoms with Gasteiger partial charge in [0.05, 0.1) is 5.52 Å². The lowest BCUT2D eigenvalue weighted by Gasteiger charge is -2.40. The van der Waals surface area contributed by atoms with E-state index in [9.17, 15) is 0 Å². The Kier molecular flexibility index (Phi) is 3.84. The van der Waals surface area contributed by atoms with Crippen LogP contribution < -0.4 is 0 Å². The van der Waals surface area contributed by atoms with Crippen molar-refractivity contribution in [2.45, 2.75) is 24.8 Å². The summed E-state index contributed by atoms with van der Waals surface area (Å²) in [4.78, 5) is 7.20. The second-order valence-corrected chi connectivity index (χ2v) is 6.51. The molecule has 2 aromatic carbocycles. The van der Waals surface area contributed by atoms with Gasteiger partial charge < -0.3 is 0 Å². The highest BCUT2D eigenvalue weighted by Crippen LogP contribution is 2.43. The molecule has 0 unspecified atom stereocenters. The Morgan fingerprint density at radius 2 is 1.78 bits per heavy atom. The van der Waals surface area contributed by atoms with E-state index in [0.29, 0.717) is 12.0 Å². The Bertz CT molecular complexity index is 792. The summed E-state index contributed by atoms with van der Waals surface area (Å²) in [7, 11) is 2.25. The fourth-order valence-corrected chi connectivity index (χ4v) is 4.05. The summed E-state index contributed by atoms with van der Waals surface area (Å²) in [6, 6.07) is 22.1. The first kappa shape index (κ1) is 14.4. The van der Waals surface area contributed by atoms with Gasteiger partial charge in [0.15, 0.2) is 0 Å². The number of aromatic nitrogens is 1. The lowest BCUT2D eigenvalue weighted by Crippen LogP contribution is -2.35. The van der Waals surface area contributed by atoms with Gasteiger partial charge in [-0.2, -0.15) is 0 Å². The van der Waals surface area contributed by atoms with Crippen molar-refractivity contribution in [3.8, 4) is 0 Å². The first-order chi connectivity index (χ1) is 11.3. The van der Waals surface area contributed by atoms with Crippen LogP contribution in [-0.4, -0.2) is 23.5 Å². The average Bonchev–Trinajstić information content (AvgIpc) is 2.62. The molecule has 0 bridgehead atoms. The van der Waals surface area contributed by atoms with Crippen molar-refractivity contribution < 1.29 is 0 Å². The van der Waals surface area contributed by atoms with Crippen LogP contribution in [0, 0.1) is 0 Å². The average molecular weight is 302 g/mol. The predicted molar refractivity (Wildman–Crippen MR) is 95.5 cm³/mol. The van der Waals surface area contributed by atoms with Crippen molar-refractivity contribution in [1.82, 2.24) is 9.88 Å². The van der Waals surface area contributed by atoms with E-state index >= 15 is 0 Å². The summed E-state index contributed by atoms with van der Waals surface area (Å²) in [5, 5.41) is 1.24. The third kappa shape index (κ3) is 2.64. The molecule has 23 heavy (non-hydrogen) atoms. The van der Waals surface area contributed by atoms with Gasteiger partial charge >= 0.3 is 0 Å². The van der Waals surface area contributed by atoms with Crippen LogP contribution in [-0.2, 0) is 0 Å². The second kappa shape index (κ2) is 6.13. The second-order valence-electron chi connectivity index (χ2n) is 6.51. The Balaban J connectivity index is 1.84. The van der Waals surface area contributed by atoms with Crippen LogP contribution in [0.5, 0.6) is 0 Å². The van der Waals surface area contributed by atoms with E-state index in [1.54, 1.807) is 0 Å². The minimum Gasteiger partial charge on any atom is -0.299 e. The highest BCUT2D eigenvalue weighted by molar-refractivity contribution is 5.82. The van der Waals surface area contributed by atoms with Gasteiger partial charge in [0.25, 0.3) is 0 Å². The molecule has 2 heteroatoms. The summed E-state index contributed by atoms with van der Waals surface area (Å²) in [6.07, 6.45) is 4.38. The predicted octanol–water partition coefficient (Wildman–Crippen LogP) is 4.79. The number of piperidine rings is 1. The minimum absolute atomic E-state index is 0.428. The molecule has 0 spiro atoms. The molecule has 2 atom stereocenters. The molecule has 1 saturated heterocycles. The third-order valence-electron chi connectivity index (χ3n) is 5.09. The Morgan fingerprint density at radius 3 is 2.65 bits per heavy atom. The highest BCUT2D eigenvalue weighted by Gasteiger charge is 2.32. The lowest BCUT2D eigenvalue weighted by atomic mass is 9.79. The fourth-order valence-electron chi connectivity index (χ4n) is 4.05. The number of benzene rings is 2. The van der Waals surface area contributed by atoms with Crippen molar-refractivity contribution in [2.24, 2.45) is 0 Å². The summed E-state index contributed by atoms with van der Waals surface area (Å²) in [6.45, 7) is 1.16. The molecule has 1 aliphatic heterocycles. The lowest BCUT2D eigenvalue weighted by molar-refractivity contribution is 0.161. The summed E-state index contributed by atoms with van der Waals surface area (Å²) in [5.41, 5.74) is 3.97. The quantitative estimate of drug-likeness (QED) is 0.677. The molecule has 0 radical (unpaired) electrons. The minimum atomic E-state index is 0.428. The molecule has 1 aromatic heterocycles. The number of hydrogen-bond acceptors (Lipinski definition) is 2. The van der Waals surface area contributed by atoms with E-state index in [0.717, 1.165) is 12.1 Å². The number of hydrogen-bond donors (Lipinski definition) is 0. The zero-order valence-electron chi connectivity index (χ0n) is 13.5. The van der Waals surface area contributed by atoms with Gasteiger partial charge in [-0.25, -0.2) is 0 Å². The first-order valence-corrected chi connectivity index (χ1v) is 8.43. The SMILES string of the molecule is CN1CCC[C@@H](c2cccc3cccnc23)[C@H]1c1ccccc1. The molecule has 0 N–H and O–H groups in total. The van der Waals surface area contributed by atoms with E-state index in [1.807, 2.05) is 12.3 Å². The molecule has 2 heterocycles. The van der Waals surface area contributed by atoms with Crippen molar-refractivity contribution in [3.05, 3.63) is 78.0 Å². The molecule has 2 nitrogen and oxygen atoms in total. The van der Waals surface area contributed by atoms with Gasteiger partial charge in [-0.05, 0) is 43.6 Å². The molecule has 3 aromatic rings. The first-order valence-electron chi connectivity index (χ1n) is 8.43. The normalized spacial score (nSPS) is 22.3. The van der Waals surface area contributed by atoms with Gasteiger partial charge in [-0.15, -0.1) is 0 Å². The number of fused-ring (bicyclic) bond motifs is 1. The monoisotopic (exact) mass is 302 g/mol. The zero-order valence-corrected chi connectivity index (χ0v) is 13.5. The van der Waals surface area contributed by atoms with Gasteiger partial charge in [0.1, 0.15) is 0 Å². The van der Waals surface area contributed by atoms with E-state index in [-0.39, 0.29) is 0 Å². The maximum absolute atomic E-state index is 4.69.